The number of ether oxygens (including phenoxy) is 3. The molecule has 0 radical (unpaired) electrons. The fourth-order valence-electron chi connectivity index (χ4n) is 2.46. The van der Waals surface area contributed by atoms with Crippen molar-refractivity contribution in [2.45, 2.75) is 0 Å². The molecule has 0 saturated carbocycles. The van der Waals surface area contributed by atoms with E-state index in [0.717, 1.165) is 5.75 Å². The van der Waals surface area contributed by atoms with Gasteiger partial charge in [-0.3, -0.25) is 20.4 Å². The van der Waals surface area contributed by atoms with Gasteiger partial charge in [-0.1, -0.05) is 42.5 Å². The highest BCUT2D eigenvalue weighted by molar-refractivity contribution is 5.95. The first kappa shape index (κ1) is 20.7. The van der Waals surface area contributed by atoms with E-state index in [4.69, 9.17) is 14.2 Å². The number of hydrogen-bond acceptors (Lipinski definition) is 5. The predicted molar refractivity (Wildman–Crippen MR) is 111 cm³/mol. The zero-order valence-corrected chi connectivity index (χ0v) is 16.2. The number of hydrogen-bond donors (Lipinski definition) is 2. The lowest BCUT2D eigenvalue weighted by Crippen LogP contribution is -2.43. The molecule has 0 atom stereocenters. The fraction of sp³-hybridized carbons (Fsp3) is 0.130. The molecule has 0 unspecified atom stereocenters. The second-order valence-electron chi connectivity index (χ2n) is 6.14. The molecule has 0 aliphatic rings. The Balaban J connectivity index is 1.39. The Bertz CT molecular complexity index is 948. The molecular weight excluding hydrogens is 384 g/mol. The van der Waals surface area contributed by atoms with E-state index in [2.05, 4.69) is 10.9 Å². The number of nitrogens with one attached hydrogen (secondary N) is 2. The molecule has 0 heterocycles. The second-order valence-corrected chi connectivity index (χ2v) is 6.14. The summed E-state index contributed by atoms with van der Waals surface area (Å²) in [6.07, 6.45) is 0. The first-order valence-corrected chi connectivity index (χ1v) is 9.38. The molecule has 2 amide bonds. The lowest BCUT2D eigenvalue weighted by molar-refractivity contribution is -0.123. The Morgan fingerprint density at radius 3 is 1.87 bits per heavy atom. The van der Waals surface area contributed by atoms with Crippen molar-refractivity contribution in [1.82, 2.24) is 10.9 Å². The van der Waals surface area contributed by atoms with E-state index in [1.165, 1.54) is 0 Å². The number of benzene rings is 3. The maximum absolute atomic E-state index is 12.2. The third-order valence-corrected chi connectivity index (χ3v) is 3.89. The molecule has 7 heteroatoms. The van der Waals surface area contributed by atoms with E-state index in [9.17, 15) is 9.59 Å². The summed E-state index contributed by atoms with van der Waals surface area (Å²) in [6.45, 7) is 0.486. The van der Waals surface area contributed by atoms with Gasteiger partial charge in [-0.05, 0) is 42.5 Å². The smallest absolute Gasteiger partial charge is 0.276 e. The highest BCUT2D eigenvalue weighted by Gasteiger charge is 2.09. The quantitative estimate of drug-likeness (QED) is 0.422. The van der Waals surface area contributed by atoms with Crippen molar-refractivity contribution in [1.29, 1.82) is 0 Å². The van der Waals surface area contributed by atoms with Crippen molar-refractivity contribution in [2.24, 2.45) is 0 Å². The molecule has 2 N–H and O–H groups in total. The summed E-state index contributed by atoms with van der Waals surface area (Å²) in [7, 11) is 0. The van der Waals surface area contributed by atoms with Crippen LogP contribution in [0.15, 0.2) is 84.9 Å². The maximum Gasteiger partial charge on any atom is 0.276 e. The number of carbonyl (C=O) groups excluding carboxylic acids is 2. The summed E-state index contributed by atoms with van der Waals surface area (Å²) in [6, 6.07) is 25.0. The number of carbonyl (C=O) groups is 2. The lowest BCUT2D eigenvalue weighted by atomic mass is 10.2. The Morgan fingerprint density at radius 2 is 1.20 bits per heavy atom. The van der Waals surface area contributed by atoms with Gasteiger partial charge in [0, 0.05) is 5.56 Å². The summed E-state index contributed by atoms with van der Waals surface area (Å²) in [5.74, 6) is 0.922. The number of para-hydroxylation sites is 2. The van der Waals surface area contributed by atoms with Crippen molar-refractivity contribution in [3.8, 4) is 17.2 Å². The van der Waals surface area contributed by atoms with Crippen LogP contribution in [-0.2, 0) is 4.79 Å². The van der Waals surface area contributed by atoms with E-state index in [0.29, 0.717) is 30.3 Å². The monoisotopic (exact) mass is 406 g/mol. The SMILES string of the molecule is O=C(COc1ccccc1)NNC(=O)c1cccc(OCCOc2ccccc2)c1. The van der Waals surface area contributed by atoms with E-state index in [1.54, 1.807) is 48.5 Å². The Kier molecular flexibility index (Phi) is 7.68. The average Bonchev–Trinajstić information content (AvgIpc) is 2.80. The summed E-state index contributed by atoms with van der Waals surface area (Å²) in [4.78, 5) is 24.1. The molecular formula is C23H22N2O5. The van der Waals surface area contributed by atoms with Crippen LogP contribution in [0.2, 0.25) is 0 Å². The summed E-state index contributed by atoms with van der Waals surface area (Å²) < 4.78 is 16.5. The first-order chi connectivity index (χ1) is 14.7. The lowest BCUT2D eigenvalue weighted by Gasteiger charge is -2.11. The molecule has 154 valence electrons. The summed E-state index contributed by atoms with van der Waals surface area (Å²) in [5, 5.41) is 0. The highest BCUT2D eigenvalue weighted by Crippen LogP contribution is 2.14. The molecule has 0 aliphatic heterocycles. The molecule has 0 aromatic heterocycles. The minimum Gasteiger partial charge on any atom is -0.490 e. The van der Waals surface area contributed by atoms with Gasteiger partial charge in [0.15, 0.2) is 6.61 Å². The van der Waals surface area contributed by atoms with Gasteiger partial charge in [0.25, 0.3) is 11.8 Å². The molecule has 0 spiro atoms. The Labute approximate surface area is 174 Å². The molecule has 3 rings (SSSR count). The van der Waals surface area contributed by atoms with Gasteiger partial charge in [0.1, 0.15) is 30.5 Å². The van der Waals surface area contributed by atoms with Gasteiger partial charge in [-0.15, -0.1) is 0 Å². The summed E-state index contributed by atoms with van der Waals surface area (Å²) in [5.41, 5.74) is 5.02. The third-order valence-electron chi connectivity index (χ3n) is 3.89. The molecule has 3 aromatic rings. The van der Waals surface area contributed by atoms with Gasteiger partial charge in [0.2, 0.25) is 0 Å². The molecule has 3 aromatic carbocycles. The second kappa shape index (κ2) is 11.1. The van der Waals surface area contributed by atoms with Crippen molar-refractivity contribution >= 4 is 11.8 Å². The minimum atomic E-state index is -0.474. The largest absolute Gasteiger partial charge is 0.490 e. The van der Waals surface area contributed by atoms with E-state index in [1.807, 2.05) is 36.4 Å². The van der Waals surface area contributed by atoms with Gasteiger partial charge in [-0.2, -0.15) is 0 Å². The molecule has 0 saturated heterocycles. The standard InChI is InChI=1S/C23H22N2O5/c26-22(17-30-20-11-5-2-6-12-20)24-25-23(27)18-8-7-13-21(16-18)29-15-14-28-19-9-3-1-4-10-19/h1-13,16H,14-15,17H2,(H,24,26)(H,25,27). The Morgan fingerprint density at radius 1 is 0.633 bits per heavy atom. The molecule has 7 nitrogen and oxygen atoms in total. The van der Waals surface area contributed by atoms with Crippen molar-refractivity contribution in [2.75, 3.05) is 19.8 Å². The van der Waals surface area contributed by atoms with Crippen LogP contribution in [0.3, 0.4) is 0 Å². The van der Waals surface area contributed by atoms with Crippen LogP contribution in [-0.4, -0.2) is 31.6 Å². The van der Waals surface area contributed by atoms with Crippen LogP contribution in [0.1, 0.15) is 10.4 Å². The normalized spacial score (nSPS) is 10.0. The predicted octanol–water partition coefficient (Wildman–Crippen LogP) is 2.98. The van der Waals surface area contributed by atoms with E-state index in [-0.39, 0.29) is 6.61 Å². The van der Waals surface area contributed by atoms with Crippen molar-refractivity contribution < 1.29 is 23.8 Å². The molecule has 0 fully saturated rings. The number of rotatable bonds is 9. The van der Waals surface area contributed by atoms with E-state index < -0.39 is 11.8 Å². The fourth-order valence-corrected chi connectivity index (χ4v) is 2.46. The van der Waals surface area contributed by atoms with Crippen LogP contribution >= 0.6 is 0 Å². The van der Waals surface area contributed by atoms with Gasteiger partial charge in [-0.25, -0.2) is 0 Å². The van der Waals surface area contributed by atoms with E-state index >= 15 is 0 Å². The van der Waals surface area contributed by atoms with Gasteiger partial charge >= 0.3 is 0 Å². The average molecular weight is 406 g/mol. The minimum absolute atomic E-state index is 0.213. The molecule has 0 bridgehead atoms. The number of amides is 2. The van der Waals surface area contributed by atoms with Crippen LogP contribution in [0.5, 0.6) is 17.2 Å². The zero-order valence-electron chi connectivity index (χ0n) is 16.2. The molecule has 0 aliphatic carbocycles. The van der Waals surface area contributed by atoms with Crippen LogP contribution in [0, 0.1) is 0 Å². The highest BCUT2D eigenvalue weighted by atomic mass is 16.5. The Hall–Kier alpha value is -4.00. The molecule has 30 heavy (non-hydrogen) atoms. The van der Waals surface area contributed by atoms with Gasteiger partial charge in [0.05, 0.1) is 0 Å². The van der Waals surface area contributed by atoms with Crippen molar-refractivity contribution in [3.05, 3.63) is 90.5 Å². The zero-order chi connectivity index (χ0) is 21.0. The van der Waals surface area contributed by atoms with Crippen molar-refractivity contribution in [3.63, 3.8) is 0 Å². The summed E-state index contributed by atoms with van der Waals surface area (Å²) >= 11 is 0. The maximum atomic E-state index is 12.2. The van der Waals surface area contributed by atoms with Crippen LogP contribution < -0.4 is 25.1 Å². The first-order valence-electron chi connectivity index (χ1n) is 9.38. The topological polar surface area (TPSA) is 85.9 Å². The third kappa shape index (κ3) is 6.87. The number of hydrazine groups is 1. The van der Waals surface area contributed by atoms with Crippen LogP contribution in [0.25, 0.3) is 0 Å². The van der Waals surface area contributed by atoms with Crippen LogP contribution in [0.4, 0.5) is 0 Å². The van der Waals surface area contributed by atoms with Gasteiger partial charge < -0.3 is 14.2 Å².